The van der Waals surface area contributed by atoms with Gasteiger partial charge < -0.3 is 15.0 Å². The van der Waals surface area contributed by atoms with Crippen LogP contribution in [-0.2, 0) is 16.0 Å². The summed E-state index contributed by atoms with van der Waals surface area (Å²) in [7, 11) is 0. The number of benzene rings is 2. The number of nitrogens with one attached hydrogen (secondary N) is 1. The first-order valence-electron chi connectivity index (χ1n) is 10.8. The molecule has 1 atom stereocenters. The molecule has 2 aliphatic heterocycles. The fourth-order valence-electron chi connectivity index (χ4n) is 4.44. The van der Waals surface area contributed by atoms with Crippen LogP contribution >= 0.6 is 11.6 Å². The van der Waals surface area contributed by atoms with Gasteiger partial charge in [0.1, 0.15) is 6.61 Å². The molecule has 2 heterocycles. The van der Waals surface area contributed by atoms with E-state index in [4.69, 9.17) is 16.3 Å². The Morgan fingerprint density at radius 2 is 1.77 bits per heavy atom. The first-order valence-corrected chi connectivity index (χ1v) is 11.2. The van der Waals surface area contributed by atoms with Gasteiger partial charge in [-0.25, -0.2) is 4.79 Å². The zero-order valence-corrected chi connectivity index (χ0v) is 18.5. The minimum Gasteiger partial charge on any atom is -0.447 e. The number of cyclic esters (lactones) is 1. The summed E-state index contributed by atoms with van der Waals surface area (Å²) in [6.45, 7) is 4.79. The first-order chi connectivity index (χ1) is 15.0. The van der Waals surface area contributed by atoms with Crippen LogP contribution in [0.3, 0.4) is 0 Å². The molecule has 2 fully saturated rings. The van der Waals surface area contributed by atoms with E-state index in [1.165, 1.54) is 12.5 Å². The molecule has 0 radical (unpaired) electrons. The minimum absolute atomic E-state index is 0.0199. The molecule has 2 aromatic carbocycles. The molecule has 0 aliphatic carbocycles. The van der Waals surface area contributed by atoms with Crippen LogP contribution in [0.1, 0.15) is 25.3 Å². The Morgan fingerprint density at radius 3 is 2.42 bits per heavy atom. The SMILES string of the molecule is CC(=O)Nc1ccc(CC2CCN(CC3COC(=O)N3c3ccc(Cl)cc3)CC2)cc1. The predicted molar refractivity (Wildman–Crippen MR) is 123 cm³/mol. The van der Waals surface area contributed by atoms with Crippen LogP contribution < -0.4 is 10.2 Å². The third kappa shape index (κ3) is 5.57. The normalized spacial score (nSPS) is 20.0. The predicted octanol–water partition coefficient (Wildman–Crippen LogP) is 4.58. The number of rotatable bonds is 6. The van der Waals surface area contributed by atoms with Crippen LogP contribution in [0.15, 0.2) is 48.5 Å². The Balaban J connectivity index is 1.28. The van der Waals surface area contributed by atoms with Crippen LogP contribution in [0.25, 0.3) is 0 Å². The van der Waals surface area contributed by atoms with E-state index >= 15 is 0 Å². The van der Waals surface area contributed by atoms with E-state index in [-0.39, 0.29) is 18.0 Å². The summed E-state index contributed by atoms with van der Waals surface area (Å²) in [5.41, 5.74) is 2.97. The van der Waals surface area contributed by atoms with Crippen molar-refractivity contribution in [3.63, 3.8) is 0 Å². The molecule has 1 unspecified atom stereocenters. The highest BCUT2D eigenvalue weighted by Crippen LogP contribution is 2.27. The quantitative estimate of drug-likeness (QED) is 0.712. The summed E-state index contributed by atoms with van der Waals surface area (Å²) in [5, 5.41) is 3.46. The molecule has 2 aliphatic rings. The minimum atomic E-state index is -0.287. The summed E-state index contributed by atoms with van der Waals surface area (Å²) in [4.78, 5) is 27.6. The van der Waals surface area contributed by atoms with Crippen molar-refractivity contribution in [1.82, 2.24) is 4.90 Å². The number of hydrogen-bond donors (Lipinski definition) is 1. The smallest absolute Gasteiger partial charge is 0.414 e. The average Bonchev–Trinajstić information content (AvgIpc) is 3.11. The maximum Gasteiger partial charge on any atom is 0.414 e. The fraction of sp³-hybridized carbons (Fsp3) is 0.417. The first kappa shape index (κ1) is 21.7. The highest BCUT2D eigenvalue weighted by molar-refractivity contribution is 6.30. The van der Waals surface area contributed by atoms with Gasteiger partial charge in [0, 0.05) is 29.9 Å². The number of carbonyl (C=O) groups excluding carboxylic acids is 2. The van der Waals surface area contributed by atoms with E-state index in [9.17, 15) is 9.59 Å². The number of likely N-dealkylation sites (tertiary alicyclic amines) is 1. The molecule has 2 aromatic rings. The lowest BCUT2D eigenvalue weighted by atomic mass is 9.90. The second-order valence-electron chi connectivity index (χ2n) is 8.40. The van der Waals surface area contributed by atoms with Crippen molar-refractivity contribution in [2.24, 2.45) is 5.92 Å². The van der Waals surface area contributed by atoms with Gasteiger partial charge in [-0.15, -0.1) is 0 Å². The standard InChI is InChI=1S/C24H28ClN3O3/c1-17(29)26-21-6-2-18(3-7-21)14-19-10-12-27(13-11-19)15-23-16-31-24(30)28(23)22-8-4-20(25)5-9-22/h2-9,19,23H,10-16H2,1H3,(H,26,29). The molecule has 6 nitrogen and oxygen atoms in total. The number of amides is 2. The second kappa shape index (κ2) is 9.71. The van der Waals surface area contributed by atoms with Crippen molar-refractivity contribution >= 4 is 35.0 Å². The second-order valence-corrected chi connectivity index (χ2v) is 8.84. The molecular formula is C24H28ClN3O3. The van der Waals surface area contributed by atoms with E-state index in [2.05, 4.69) is 22.3 Å². The topological polar surface area (TPSA) is 61.9 Å². The van der Waals surface area contributed by atoms with Gasteiger partial charge in [0.2, 0.25) is 5.91 Å². The van der Waals surface area contributed by atoms with Crippen molar-refractivity contribution in [2.75, 3.05) is 36.5 Å². The average molecular weight is 442 g/mol. The number of carbonyl (C=O) groups is 2. The Labute approximate surface area is 188 Å². The summed E-state index contributed by atoms with van der Waals surface area (Å²) < 4.78 is 5.34. The summed E-state index contributed by atoms with van der Waals surface area (Å²) in [5.74, 6) is 0.598. The van der Waals surface area contributed by atoms with Gasteiger partial charge in [-0.05, 0) is 80.2 Å². The zero-order chi connectivity index (χ0) is 21.8. The van der Waals surface area contributed by atoms with Crippen LogP contribution in [0.2, 0.25) is 5.02 Å². The number of anilines is 2. The van der Waals surface area contributed by atoms with Gasteiger partial charge in [0.05, 0.1) is 6.04 Å². The Morgan fingerprint density at radius 1 is 1.10 bits per heavy atom. The Kier molecular flexibility index (Phi) is 6.78. The largest absolute Gasteiger partial charge is 0.447 e. The van der Waals surface area contributed by atoms with Crippen LogP contribution in [-0.4, -0.2) is 49.2 Å². The fourth-order valence-corrected chi connectivity index (χ4v) is 4.57. The van der Waals surface area contributed by atoms with Gasteiger partial charge in [0.15, 0.2) is 0 Å². The van der Waals surface area contributed by atoms with Crippen molar-refractivity contribution in [3.05, 3.63) is 59.1 Å². The molecule has 4 rings (SSSR count). The lowest BCUT2D eigenvalue weighted by Crippen LogP contribution is -2.45. The number of piperidine rings is 1. The number of ether oxygens (including phenoxy) is 1. The van der Waals surface area contributed by atoms with E-state index in [1.54, 1.807) is 17.0 Å². The van der Waals surface area contributed by atoms with E-state index < -0.39 is 0 Å². The third-order valence-corrected chi connectivity index (χ3v) is 6.29. The van der Waals surface area contributed by atoms with Crippen LogP contribution in [0.5, 0.6) is 0 Å². The van der Waals surface area contributed by atoms with E-state index in [1.807, 2.05) is 24.3 Å². The maximum absolute atomic E-state index is 12.3. The number of hydrogen-bond acceptors (Lipinski definition) is 4. The summed E-state index contributed by atoms with van der Waals surface area (Å²) in [6, 6.07) is 15.5. The molecule has 2 amide bonds. The maximum atomic E-state index is 12.3. The number of halogens is 1. The van der Waals surface area contributed by atoms with Crippen molar-refractivity contribution in [3.8, 4) is 0 Å². The molecule has 7 heteroatoms. The third-order valence-electron chi connectivity index (χ3n) is 6.04. The lowest BCUT2D eigenvalue weighted by molar-refractivity contribution is -0.114. The Hall–Kier alpha value is -2.57. The van der Waals surface area contributed by atoms with Gasteiger partial charge in [-0.1, -0.05) is 23.7 Å². The zero-order valence-electron chi connectivity index (χ0n) is 17.7. The monoisotopic (exact) mass is 441 g/mol. The van der Waals surface area contributed by atoms with E-state index in [0.717, 1.165) is 50.3 Å². The van der Waals surface area contributed by atoms with Gasteiger partial charge in [0.25, 0.3) is 0 Å². The molecule has 0 spiro atoms. The van der Waals surface area contributed by atoms with E-state index in [0.29, 0.717) is 17.5 Å². The lowest BCUT2D eigenvalue weighted by Gasteiger charge is -2.34. The highest BCUT2D eigenvalue weighted by Gasteiger charge is 2.36. The summed E-state index contributed by atoms with van der Waals surface area (Å²) in [6.07, 6.45) is 3.03. The number of nitrogens with zero attached hydrogens (tertiary/aromatic N) is 2. The molecule has 164 valence electrons. The van der Waals surface area contributed by atoms with Crippen molar-refractivity contribution in [2.45, 2.75) is 32.2 Å². The Bertz CT molecular complexity index is 909. The molecule has 0 saturated carbocycles. The van der Waals surface area contributed by atoms with Crippen LogP contribution in [0, 0.1) is 5.92 Å². The van der Waals surface area contributed by atoms with Gasteiger partial charge in [-0.2, -0.15) is 0 Å². The molecular weight excluding hydrogens is 414 g/mol. The van der Waals surface area contributed by atoms with Crippen LogP contribution in [0.4, 0.5) is 16.2 Å². The molecule has 0 aromatic heterocycles. The molecule has 0 bridgehead atoms. The molecule has 1 N–H and O–H groups in total. The van der Waals surface area contributed by atoms with Crippen molar-refractivity contribution in [1.29, 1.82) is 0 Å². The van der Waals surface area contributed by atoms with Crippen molar-refractivity contribution < 1.29 is 14.3 Å². The molecule has 31 heavy (non-hydrogen) atoms. The van der Waals surface area contributed by atoms with Gasteiger partial charge in [-0.3, -0.25) is 9.69 Å². The van der Waals surface area contributed by atoms with Gasteiger partial charge >= 0.3 is 6.09 Å². The highest BCUT2D eigenvalue weighted by atomic mass is 35.5. The summed E-state index contributed by atoms with van der Waals surface area (Å²) >= 11 is 5.99. The molecule has 2 saturated heterocycles.